The topological polar surface area (TPSA) is 91.1 Å². The molecule has 1 N–H and O–H groups in total. The van der Waals surface area contributed by atoms with Crippen LogP contribution in [0, 0.1) is 10.1 Å². The lowest BCUT2D eigenvalue weighted by Gasteiger charge is -2.10. The van der Waals surface area contributed by atoms with Crippen LogP contribution in [-0.4, -0.2) is 36.8 Å². The maximum atomic E-state index is 10.6. The first kappa shape index (κ1) is 17.4. The molecule has 7 nitrogen and oxygen atoms in total. The minimum absolute atomic E-state index is 0.362. The Morgan fingerprint density at radius 1 is 1.20 bits per heavy atom. The molecule has 0 saturated heterocycles. The molecule has 1 heterocycles. The molecule has 0 aliphatic carbocycles. The number of ether oxygens (including phenoxy) is 2. The summed E-state index contributed by atoms with van der Waals surface area (Å²) >= 11 is 0. The second kappa shape index (κ2) is 8.11. The SMILES string of the molecule is O=[N+]([O-])CC1OB(O)c2cc(OCCOCc3ccccc3)ccc21. The molecule has 0 bridgehead atoms. The molecule has 8 heteroatoms. The summed E-state index contributed by atoms with van der Waals surface area (Å²) in [5, 5.41) is 20.5. The van der Waals surface area contributed by atoms with E-state index < -0.39 is 18.1 Å². The summed E-state index contributed by atoms with van der Waals surface area (Å²) in [6.07, 6.45) is -0.733. The summed E-state index contributed by atoms with van der Waals surface area (Å²) < 4.78 is 16.4. The van der Waals surface area contributed by atoms with Gasteiger partial charge in [0.2, 0.25) is 6.54 Å². The molecule has 0 aromatic heterocycles. The van der Waals surface area contributed by atoms with Gasteiger partial charge in [0, 0.05) is 4.92 Å². The molecule has 0 amide bonds. The normalized spacial score (nSPS) is 15.9. The predicted molar refractivity (Wildman–Crippen MR) is 91.3 cm³/mol. The first-order chi connectivity index (χ1) is 12.1. The van der Waals surface area contributed by atoms with Crippen molar-refractivity contribution in [1.82, 2.24) is 0 Å². The van der Waals surface area contributed by atoms with E-state index in [9.17, 15) is 15.1 Å². The number of rotatable bonds is 8. The zero-order valence-electron chi connectivity index (χ0n) is 13.5. The third-order valence-corrected chi connectivity index (χ3v) is 3.89. The van der Waals surface area contributed by atoms with Gasteiger partial charge in [0.1, 0.15) is 18.5 Å². The Bertz CT molecular complexity index is 726. The highest BCUT2D eigenvalue weighted by molar-refractivity contribution is 6.61. The van der Waals surface area contributed by atoms with Crippen molar-refractivity contribution in [3.63, 3.8) is 0 Å². The van der Waals surface area contributed by atoms with Gasteiger partial charge in [-0.15, -0.1) is 0 Å². The van der Waals surface area contributed by atoms with Gasteiger partial charge in [-0.05, 0) is 28.7 Å². The van der Waals surface area contributed by atoms with Crippen LogP contribution >= 0.6 is 0 Å². The van der Waals surface area contributed by atoms with Crippen molar-refractivity contribution in [3.05, 3.63) is 69.8 Å². The Hall–Kier alpha value is -2.42. The average molecular weight is 343 g/mol. The van der Waals surface area contributed by atoms with Crippen molar-refractivity contribution in [2.45, 2.75) is 12.7 Å². The highest BCUT2D eigenvalue weighted by Crippen LogP contribution is 2.26. The zero-order valence-corrected chi connectivity index (χ0v) is 13.5. The van der Waals surface area contributed by atoms with Crippen molar-refractivity contribution in [1.29, 1.82) is 0 Å². The van der Waals surface area contributed by atoms with Crippen LogP contribution in [0.2, 0.25) is 0 Å². The minimum Gasteiger partial charge on any atom is -0.491 e. The summed E-state index contributed by atoms with van der Waals surface area (Å²) in [5.74, 6) is 0.562. The molecule has 0 radical (unpaired) electrons. The molecule has 3 rings (SSSR count). The number of hydrogen-bond acceptors (Lipinski definition) is 6. The smallest absolute Gasteiger partial charge is 0.491 e. The first-order valence-corrected chi connectivity index (χ1v) is 7.97. The van der Waals surface area contributed by atoms with Gasteiger partial charge in [0.05, 0.1) is 13.2 Å². The number of benzene rings is 2. The third kappa shape index (κ3) is 4.57. The van der Waals surface area contributed by atoms with Gasteiger partial charge in [0.15, 0.2) is 0 Å². The van der Waals surface area contributed by atoms with Crippen molar-refractivity contribution in [3.8, 4) is 5.75 Å². The van der Waals surface area contributed by atoms with E-state index in [0.29, 0.717) is 36.6 Å². The Morgan fingerprint density at radius 3 is 2.76 bits per heavy atom. The van der Waals surface area contributed by atoms with Crippen LogP contribution < -0.4 is 10.2 Å². The maximum Gasteiger partial charge on any atom is 0.492 e. The summed E-state index contributed by atoms with van der Waals surface area (Å²) in [7, 11) is -1.17. The molecule has 2 aromatic rings. The molecule has 0 fully saturated rings. The Labute approximate surface area is 145 Å². The molecular weight excluding hydrogens is 325 g/mol. The van der Waals surface area contributed by atoms with Crippen LogP contribution in [0.5, 0.6) is 5.75 Å². The molecular formula is C17H18BNO6. The van der Waals surface area contributed by atoms with Crippen LogP contribution in [0.1, 0.15) is 17.2 Å². The number of fused-ring (bicyclic) bond motifs is 1. The van der Waals surface area contributed by atoms with E-state index in [1.807, 2.05) is 30.3 Å². The molecule has 0 saturated carbocycles. The van der Waals surface area contributed by atoms with Gasteiger partial charge >= 0.3 is 7.12 Å². The molecule has 1 aliphatic heterocycles. The average Bonchev–Trinajstić information content (AvgIpc) is 2.90. The summed E-state index contributed by atoms with van der Waals surface area (Å²) in [4.78, 5) is 10.2. The molecule has 1 unspecified atom stereocenters. The van der Waals surface area contributed by atoms with Gasteiger partial charge in [-0.2, -0.15) is 0 Å². The van der Waals surface area contributed by atoms with Crippen LogP contribution in [0.3, 0.4) is 0 Å². The van der Waals surface area contributed by atoms with Gasteiger partial charge < -0.3 is 19.2 Å². The molecule has 25 heavy (non-hydrogen) atoms. The van der Waals surface area contributed by atoms with Crippen LogP contribution in [0.15, 0.2) is 48.5 Å². The second-order valence-electron chi connectivity index (χ2n) is 5.67. The lowest BCUT2D eigenvalue weighted by Crippen LogP contribution is -2.28. The van der Waals surface area contributed by atoms with E-state index in [1.54, 1.807) is 18.2 Å². The molecule has 1 aliphatic rings. The highest BCUT2D eigenvalue weighted by atomic mass is 16.6. The van der Waals surface area contributed by atoms with E-state index >= 15 is 0 Å². The Balaban J connectivity index is 1.49. The Kier molecular flexibility index (Phi) is 5.65. The molecule has 1 atom stereocenters. The zero-order chi connectivity index (χ0) is 17.6. The maximum absolute atomic E-state index is 10.6. The van der Waals surface area contributed by atoms with Gasteiger partial charge in [-0.25, -0.2) is 0 Å². The quantitative estimate of drug-likeness (QED) is 0.336. The van der Waals surface area contributed by atoms with Crippen LogP contribution in [0.4, 0.5) is 0 Å². The Morgan fingerprint density at radius 2 is 2.00 bits per heavy atom. The van der Waals surface area contributed by atoms with Crippen molar-refractivity contribution in [2.75, 3.05) is 19.8 Å². The number of nitro groups is 1. The van der Waals surface area contributed by atoms with E-state index in [-0.39, 0.29) is 6.54 Å². The molecule has 0 spiro atoms. The van der Waals surface area contributed by atoms with Gasteiger partial charge in [-0.3, -0.25) is 10.1 Å². The van der Waals surface area contributed by atoms with Crippen molar-refractivity contribution >= 4 is 12.6 Å². The highest BCUT2D eigenvalue weighted by Gasteiger charge is 2.37. The van der Waals surface area contributed by atoms with Gasteiger partial charge in [-0.1, -0.05) is 36.4 Å². The summed E-state index contributed by atoms with van der Waals surface area (Å²) in [6.45, 7) is 0.928. The minimum atomic E-state index is -1.17. The largest absolute Gasteiger partial charge is 0.492 e. The fourth-order valence-corrected chi connectivity index (χ4v) is 2.71. The lowest BCUT2D eigenvalue weighted by atomic mass is 9.79. The number of hydrogen-bond donors (Lipinski definition) is 1. The van der Waals surface area contributed by atoms with Crippen LogP contribution in [-0.2, 0) is 16.0 Å². The van der Waals surface area contributed by atoms with E-state index in [4.69, 9.17) is 14.1 Å². The molecule has 2 aromatic carbocycles. The fraction of sp³-hybridized carbons (Fsp3) is 0.294. The first-order valence-electron chi connectivity index (χ1n) is 7.97. The molecule has 130 valence electrons. The second-order valence-corrected chi connectivity index (χ2v) is 5.67. The number of nitrogens with zero attached hydrogens (tertiary/aromatic N) is 1. The summed E-state index contributed by atoms with van der Waals surface area (Å²) in [5.41, 5.74) is 2.23. The summed E-state index contributed by atoms with van der Waals surface area (Å²) in [6, 6.07) is 14.9. The van der Waals surface area contributed by atoms with E-state index in [1.165, 1.54) is 0 Å². The fourth-order valence-electron chi connectivity index (χ4n) is 2.71. The van der Waals surface area contributed by atoms with Crippen molar-refractivity contribution in [2.24, 2.45) is 0 Å². The monoisotopic (exact) mass is 343 g/mol. The lowest BCUT2D eigenvalue weighted by molar-refractivity contribution is -0.490. The predicted octanol–water partition coefficient (Wildman–Crippen LogP) is 1.32. The van der Waals surface area contributed by atoms with Gasteiger partial charge in [0.25, 0.3) is 0 Å². The van der Waals surface area contributed by atoms with Crippen molar-refractivity contribution < 1.29 is 24.1 Å². The van der Waals surface area contributed by atoms with Crippen LogP contribution in [0.25, 0.3) is 0 Å². The van der Waals surface area contributed by atoms with E-state index in [0.717, 1.165) is 5.56 Å². The third-order valence-electron chi connectivity index (χ3n) is 3.89. The standard InChI is InChI=1S/C17H18BNO6/c20-18-16-10-14(6-7-15(16)17(25-18)11-19(21)22)24-9-8-23-12-13-4-2-1-3-5-13/h1-7,10,17,20H,8-9,11-12H2. The van der Waals surface area contributed by atoms with E-state index in [2.05, 4.69) is 0 Å².